The molecular formula is C47H94NO8P. The van der Waals surface area contributed by atoms with Crippen molar-refractivity contribution in [3.05, 3.63) is 0 Å². The van der Waals surface area contributed by atoms with Crippen LogP contribution in [0.2, 0.25) is 0 Å². The quantitative estimate of drug-likeness (QED) is 0.0364. The van der Waals surface area contributed by atoms with Gasteiger partial charge in [0.2, 0.25) is 0 Å². The van der Waals surface area contributed by atoms with Gasteiger partial charge in [-0.3, -0.25) is 18.6 Å². The fraction of sp³-hybridized carbons (Fsp3) is 0.957. The first-order valence-electron chi connectivity index (χ1n) is 24.3. The second-order valence-corrected chi connectivity index (χ2v) is 18.5. The molecule has 2 atom stereocenters. The average molecular weight is 832 g/mol. The Morgan fingerprint density at radius 3 is 1.12 bits per heavy atom. The highest BCUT2D eigenvalue weighted by molar-refractivity contribution is 7.47. The van der Waals surface area contributed by atoms with Crippen molar-refractivity contribution in [2.24, 2.45) is 0 Å². The summed E-state index contributed by atoms with van der Waals surface area (Å²) in [5.41, 5.74) is 0. The highest BCUT2D eigenvalue weighted by atomic mass is 31.2. The topological polar surface area (TPSA) is 112 Å². The minimum atomic E-state index is -4.36. The fourth-order valence-electron chi connectivity index (χ4n) is 7.16. The van der Waals surface area contributed by atoms with E-state index in [1.807, 2.05) is 19.0 Å². The van der Waals surface area contributed by atoms with Crippen LogP contribution in [0.3, 0.4) is 0 Å². The van der Waals surface area contributed by atoms with Crippen LogP contribution in [-0.2, 0) is 32.7 Å². The lowest BCUT2D eigenvalue weighted by molar-refractivity contribution is -0.161. The molecule has 0 aliphatic rings. The van der Waals surface area contributed by atoms with Gasteiger partial charge in [-0.05, 0) is 26.9 Å². The molecule has 2 unspecified atom stereocenters. The molecule has 0 heterocycles. The van der Waals surface area contributed by atoms with Crippen LogP contribution >= 0.6 is 7.82 Å². The van der Waals surface area contributed by atoms with Gasteiger partial charge in [0, 0.05) is 19.4 Å². The SMILES string of the molecule is CCCCCCCCCCCCCCCCCCCCCC(=O)OCC(COP(=O)(O)OCCN(C)C)OC(=O)CCCCCCCCCCCCCCCCC. The molecule has 0 aromatic carbocycles. The van der Waals surface area contributed by atoms with E-state index in [1.54, 1.807) is 0 Å². The maximum absolute atomic E-state index is 12.7. The summed E-state index contributed by atoms with van der Waals surface area (Å²) < 4.78 is 33.6. The van der Waals surface area contributed by atoms with Crippen molar-refractivity contribution in [2.75, 3.05) is 40.5 Å². The molecule has 0 aliphatic carbocycles. The van der Waals surface area contributed by atoms with E-state index in [2.05, 4.69) is 13.8 Å². The van der Waals surface area contributed by atoms with Crippen LogP contribution in [0, 0.1) is 0 Å². The summed E-state index contributed by atoms with van der Waals surface area (Å²) in [6, 6.07) is 0. The van der Waals surface area contributed by atoms with Gasteiger partial charge in [-0.15, -0.1) is 0 Å². The third kappa shape index (κ3) is 44.4. The predicted molar refractivity (Wildman–Crippen MR) is 239 cm³/mol. The van der Waals surface area contributed by atoms with Gasteiger partial charge in [0.25, 0.3) is 0 Å². The van der Waals surface area contributed by atoms with Crippen molar-refractivity contribution in [1.29, 1.82) is 0 Å². The van der Waals surface area contributed by atoms with Crippen LogP contribution in [0.15, 0.2) is 0 Å². The third-order valence-electron chi connectivity index (χ3n) is 10.9. The maximum atomic E-state index is 12.7. The second kappa shape index (κ2) is 43.1. The Morgan fingerprint density at radius 2 is 0.789 bits per heavy atom. The largest absolute Gasteiger partial charge is 0.472 e. The van der Waals surface area contributed by atoms with Gasteiger partial charge >= 0.3 is 19.8 Å². The van der Waals surface area contributed by atoms with Crippen molar-refractivity contribution < 1.29 is 37.6 Å². The highest BCUT2D eigenvalue weighted by Gasteiger charge is 2.26. The minimum Gasteiger partial charge on any atom is -0.462 e. The van der Waals surface area contributed by atoms with Gasteiger partial charge in [0.1, 0.15) is 6.61 Å². The zero-order chi connectivity index (χ0) is 41.9. The maximum Gasteiger partial charge on any atom is 0.472 e. The number of phosphoric ester groups is 1. The monoisotopic (exact) mass is 832 g/mol. The molecular weight excluding hydrogens is 737 g/mol. The van der Waals surface area contributed by atoms with Gasteiger partial charge < -0.3 is 19.3 Å². The van der Waals surface area contributed by atoms with Crippen molar-refractivity contribution in [3.8, 4) is 0 Å². The van der Waals surface area contributed by atoms with Crippen LogP contribution in [0.5, 0.6) is 0 Å². The number of phosphoric acid groups is 1. The summed E-state index contributed by atoms with van der Waals surface area (Å²) >= 11 is 0. The van der Waals surface area contributed by atoms with Crippen LogP contribution in [0.4, 0.5) is 0 Å². The Bertz CT molecular complexity index is 920. The lowest BCUT2D eigenvalue weighted by Crippen LogP contribution is -2.29. The number of likely N-dealkylation sites (N-methyl/N-ethyl adjacent to an activating group) is 1. The van der Waals surface area contributed by atoms with E-state index in [0.717, 1.165) is 38.5 Å². The lowest BCUT2D eigenvalue weighted by atomic mass is 10.0. The summed E-state index contributed by atoms with van der Waals surface area (Å²) in [7, 11) is -0.696. The van der Waals surface area contributed by atoms with Gasteiger partial charge in [-0.25, -0.2) is 4.57 Å². The van der Waals surface area contributed by atoms with Crippen molar-refractivity contribution >= 4 is 19.8 Å². The molecule has 0 saturated carbocycles. The Balaban J connectivity index is 4.15. The Hall–Kier alpha value is -0.990. The second-order valence-electron chi connectivity index (χ2n) is 17.0. The fourth-order valence-corrected chi connectivity index (χ4v) is 7.90. The van der Waals surface area contributed by atoms with Crippen molar-refractivity contribution in [1.82, 2.24) is 4.90 Å². The number of ether oxygens (including phenoxy) is 2. The number of rotatable bonds is 46. The van der Waals surface area contributed by atoms with Crippen molar-refractivity contribution in [2.45, 2.75) is 251 Å². The molecule has 0 aromatic heterocycles. The standard InChI is InChI=1S/C47H94NO8P/c1-5-7-9-11-13-15-17-19-21-22-23-24-26-27-29-31-33-35-37-39-46(49)53-43-45(44-55-57(51,52)54-42-41-48(3)4)56-47(50)40-38-36-34-32-30-28-25-20-18-16-14-12-10-8-6-2/h45H,5-44H2,1-4H3,(H,51,52). The molecule has 0 bridgehead atoms. The average Bonchev–Trinajstić information content (AvgIpc) is 3.18. The van der Waals surface area contributed by atoms with E-state index in [9.17, 15) is 19.0 Å². The number of carbonyl (C=O) groups is 2. The Labute approximate surface area is 352 Å². The van der Waals surface area contributed by atoms with E-state index < -0.39 is 26.5 Å². The Morgan fingerprint density at radius 1 is 0.474 bits per heavy atom. The predicted octanol–water partition coefficient (Wildman–Crippen LogP) is 14.2. The number of nitrogens with zero attached hydrogens (tertiary/aromatic N) is 1. The van der Waals surface area contributed by atoms with Crippen molar-refractivity contribution in [3.63, 3.8) is 0 Å². The molecule has 0 rings (SSSR count). The zero-order valence-electron chi connectivity index (χ0n) is 38.1. The highest BCUT2D eigenvalue weighted by Crippen LogP contribution is 2.43. The molecule has 0 spiro atoms. The van der Waals surface area contributed by atoms with Gasteiger partial charge in [0.05, 0.1) is 13.2 Å². The molecule has 10 heteroatoms. The van der Waals surface area contributed by atoms with Gasteiger partial charge in [-0.1, -0.05) is 219 Å². The van der Waals surface area contributed by atoms with E-state index in [1.165, 1.54) is 180 Å². The first-order valence-corrected chi connectivity index (χ1v) is 25.8. The molecule has 0 aromatic rings. The minimum absolute atomic E-state index is 0.0127. The number of esters is 2. The summed E-state index contributed by atoms with van der Waals surface area (Å²) in [4.78, 5) is 37.1. The lowest BCUT2D eigenvalue weighted by Gasteiger charge is -2.20. The van der Waals surface area contributed by atoms with E-state index in [0.29, 0.717) is 13.0 Å². The summed E-state index contributed by atoms with van der Waals surface area (Å²) in [5, 5.41) is 0. The molecule has 0 amide bonds. The smallest absolute Gasteiger partial charge is 0.462 e. The summed E-state index contributed by atoms with van der Waals surface area (Å²) in [6.45, 7) is 4.38. The molecule has 0 radical (unpaired) electrons. The van der Waals surface area contributed by atoms with Crippen LogP contribution < -0.4 is 0 Å². The van der Waals surface area contributed by atoms with Crippen LogP contribution in [0.1, 0.15) is 245 Å². The number of unbranched alkanes of at least 4 members (excludes halogenated alkanes) is 32. The number of hydrogen-bond donors (Lipinski definition) is 1. The van der Waals surface area contributed by atoms with E-state index >= 15 is 0 Å². The van der Waals surface area contributed by atoms with E-state index in [4.69, 9.17) is 18.5 Å². The third-order valence-corrected chi connectivity index (χ3v) is 11.9. The molecule has 0 saturated heterocycles. The molecule has 340 valence electrons. The van der Waals surface area contributed by atoms with Gasteiger partial charge in [-0.2, -0.15) is 0 Å². The van der Waals surface area contributed by atoms with Crippen LogP contribution in [-0.4, -0.2) is 68.3 Å². The first kappa shape index (κ1) is 56.0. The summed E-state index contributed by atoms with van der Waals surface area (Å²) in [5.74, 6) is -0.783. The number of hydrogen-bond acceptors (Lipinski definition) is 8. The normalized spacial score (nSPS) is 13.2. The molecule has 1 N–H and O–H groups in total. The first-order chi connectivity index (χ1) is 27.7. The Kier molecular flexibility index (Phi) is 42.4. The van der Waals surface area contributed by atoms with Gasteiger partial charge in [0.15, 0.2) is 6.10 Å². The molecule has 57 heavy (non-hydrogen) atoms. The summed E-state index contributed by atoms with van der Waals surface area (Å²) in [6.07, 6.45) is 42.9. The number of carbonyl (C=O) groups excluding carboxylic acids is 2. The van der Waals surface area contributed by atoms with Crippen LogP contribution in [0.25, 0.3) is 0 Å². The molecule has 0 fully saturated rings. The zero-order valence-corrected chi connectivity index (χ0v) is 39.0. The molecule has 0 aliphatic heterocycles. The van der Waals surface area contributed by atoms with E-state index in [-0.39, 0.29) is 25.6 Å². The molecule has 9 nitrogen and oxygen atoms in total.